The van der Waals surface area contributed by atoms with Crippen LogP contribution in [-0.4, -0.2) is 97.9 Å². The first-order valence-corrected chi connectivity index (χ1v) is 29.0. The number of esters is 2. The van der Waals surface area contributed by atoms with E-state index in [1.54, 1.807) is 0 Å². The van der Waals surface area contributed by atoms with Crippen molar-refractivity contribution in [2.24, 2.45) is 0 Å². The highest BCUT2D eigenvalue weighted by atomic mass is 31.3. The van der Waals surface area contributed by atoms with E-state index in [0.29, 0.717) is 31.5 Å². The summed E-state index contributed by atoms with van der Waals surface area (Å²) in [5.74, 6) is -1.44. The van der Waals surface area contributed by atoms with Crippen LogP contribution in [0.5, 0.6) is 0 Å². The Hall–Kier alpha value is -4.62. The molecule has 0 spiro atoms. The highest BCUT2D eigenvalue weighted by Gasteiger charge is 2.46. The molecule has 6 N–H and O–H groups in total. The number of nitrogens with zero attached hydrogens (tertiary/aromatic N) is 2. The predicted molar refractivity (Wildman–Crippen MR) is 288 cm³/mol. The fourth-order valence-electron chi connectivity index (χ4n) is 7.19. The van der Waals surface area contributed by atoms with Crippen LogP contribution in [0.25, 0.3) is 0 Å². The normalized spacial score (nSPS) is 22.4. The Balaban J connectivity index is 1.42. The highest BCUT2D eigenvalue weighted by molar-refractivity contribution is 7.61. The lowest BCUT2D eigenvalue weighted by molar-refractivity contribution is -0.161. The van der Waals surface area contributed by atoms with Gasteiger partial charge in [-0.25, -0.2) is 13.9 Å². The summed E-state index contributed by atoms with van der Waals surface area (Å²) in [6, 6.07) is 1.24. The van der Waals surface area contributed by atoms with Gasteiger partial charge in [0.1, 0.15) is 30.7 Å². The van der Waals surface area contributed by atoms with Gasteiger partial charge < -0.3 is 44.7 Å². The summed E-state index contributed by atoms with van der Waals surface area (Å²) in [5, 5.41) is 20.9. The minimum Gasteiger partial charge on any atom is -0.462 e. The Morgan fingerprint density at radius 1 is 0.653 bits per heavy atom. The zero-order valence-electron chi connectivity index (χ0n) is 43.5. The standard InChI is InChI=1S/C54H81N3O16P2/c1-3-5-7-8-9-10-11-12-13-14-15-16-21-24-27-30-34-38-50(59)70-44(41-67-49(58)37-33-29-26-23-20-18-17-19-22-25-28-32-36-46-45(71-46)35-31-6-4-2)42-68-74(63,64)73-75(65,66)69-43-47-51(60)52(61)53(72-47)57-40-39-48(55)56-54(57)62/h5-7,9-10,12-13,15-16,18-20,22,26,28-29,31-32,39-40,44-47,51-53,60-61H,3-4,8,11,14,17,21,23-25,27,30,33-38,41-43H2,1-2H3,(H,63,64)(H,65,66)(H2,55,56,62)/b7-5-,10-9-,13-12-,16-15-,20-18-,22-19-,29-26-,31-6-,32-28-/t44-,45?,46?,47-,51-,52-,53-/m1/s1. The first-order valence-electron chi connectivity index (χ1n) is 26.0. The topological polar surface area (TPSA) is 278 Å². The Labute approximate surface area is 442 Å². The van der Waals surface area contributed by atoms with Crippen LogP contribution in [0.15, 0.2) is 126 Å². The van der Waals surface area contributed by atoms with E-state index in [4.69, 9.17) is 33.7 Å². The van der Waals surface area contributed by atoms with Gasteiger partial charge in [-0.2, -0.15) is 9.29 Å². The van der Waals surface area contributed by atoms with Crippen LogP contribution in [0.4, 0.5) is 5.82 Å². The second-order valence-corrected chi connectivity index (χ2v) is 20.7. The zero-order valence-corrected chi connectivity index (χ0v) is 45.3. The number of phosphoric acid groups is 2. The van der Waals surface area contributed by atoms with E-state index in [0.717, 1.165) is 94.2 Å². The molecule has 4 unspecified atom stereocenters. The van der Waals surface area contributed by atoms with Gasteiger partial charge in [0.15, 0.2) is 12.3 Å². The number of aromatic nitrogens is 2. The monoisotopic (exact) mass is 1090 g/mol. The third-order valence-corrected chi connectivity index (χ3v) is 13.9. The summed E-state index contributed by atoms with van der Waals surface area (Å²) in [6.07, 6.45) is 45.0. The lowest BCUT2D eigenvalue weighted by Crippen LogP contribution is -2.36. The number of carbonyl (C=O) groups excluding carboxylic acids is 2. The Bertz CT molecular complexity index is 2260. The molecule has 9 atom stereocenters. The molecule has 21 heteroatoms. The van der Waals surface area contributed by atoms with Crippen molar-refractivity contribution < 1.29 is 71.0 Å². The van der Waals surface area contributed by atoms with E-state index in [2.05, 4.69) is 114 Å². The van der Waals surface area contributed by atoms with Gasteiger partial charge in [0.25, 0.3) is 0 Å². The third-order valence-electron chi connectivity index (χ3n) is 11.3. The fraction of sp³-hybridized carbons (Fsp3) is 0.556. The molecule has 418 valence electrons. The number of nitrogens with two attached hydrogens (primary N) is 1. The van der Waals surface area contributed by atoms with Crippen LogP contribution in [0, 0.1) is 0 Å². The molecule has 2 aliphatic rings. The van der Waals surface area contributed by atoms with Crippen LogP contribution in [0.2, 0.25) is 0 Å². The summed E-state index contributed by atoms with van der Waals surface area (Å²) in [4.78, 5) is 62.0. The highest BCUT2D eigenvalue weighted by Crippen LogP contribution is 2.60. The van der Waals surface area contributed by atoms with E-state index < -0.39 is 83.7 Å². The number of allylic oxidation sites excluding steroid dienone is 16. The van der Waals surface area contributed by atoms with Crippen molar-refractivity contribution in [3.63, 3.8) is 0 Å². The van der Waals surface area contributed by atoms with Gasteiger partial charge in [-0.3, -0.25) is 23.2 Å². The van der Waals surface area contributed by atoms with Crippen molar-refractivity contribution >= 4 is 33.4 Å². The van der Waals surface area contributed by atoms with Crippen LogP contribution < -0.4 is 11.4 Å². The van der Waals surface area contributed by atoms with Crippen molar-refractivity contribution in [1.29, 1.82) is 0 Å². The summed E-state index contributed by atoms with van der Waals surface area (Å²) in [6.45, 7) is 1.81. The molecule has 3 heterocycles. The number of epoxide rings is 1. The minimum absolute atomic E-state index is 0.00294. The van der Waals surface area contributed by atoms with Crippen molar-refractivity contribution in [3.05, 3.63) is 132 Å². The van der Waals surface area contributed by atoms with Crippen LogP contribution in [0.1, 0.15) is 136 Å². The molecule has 0 amide bonds. The largest absolute Gasteiger partial charge is 0.481 e. The van der Waals surface area contributed by atoms with Gasteiger partial charge in [-0.1, -0.05) is 136 Å². The Morgan fingerprint density at radius 3 is 1.77 bits per heavy atom. The van der Waals surface area contributed by atoms with Gasteiger partial charge in [0.05, 0.1) is 25.4 Å². The van der Waals surface area contributed by atoms with Gasteiger partial charge >= 0.3 is 33.3 Å². The molecule has 3 rings (SSSR count). The summed E-state index contributed by atoms with van der Waals surface area (Å²) >= 11 is 0. The molecule has 2 aliphatic heterocycles. The number of aliphatic hydroxyl groups is 2. The molecule has 0 saturated carbocycles. The number of unbranched alkanes of at least 4 members (excludes halogenated alkanes) is 4. The predicted octanol–water partition coefficient (Wildman–Crippen LogP) is 9.99. The number of nitrogen functional groups attached to an aromatic ring is 1. The third kappa shape index (κ3) is 30.1. The smallest absolute Gasteiger partial charge is 0.462 e. The van der Waals surface area contributed by atoms with Gasteiger partial charge in [0.2, 0.25) is 0 Å². The molecule has 2 fully saturated rings. The molecule has 1 aromatic rings. The van der Waals surface area contributed by atoms with Crippen molar-refractivity contribution in [1.82, 2.24) is 9.55 Å². The average Bonchev–Trinajstić information content (AvgIpc) is 4.06. The Kier molecular flexibility index (Phi) is 32.8. The van der Waals surface area contributed by atoms with E-state index in [-0.39, 0.29) is 18.7 Å². The molecule has 0 aromatic carbocycles. The number of rotatable bonds is 40. The first kappa shape index (κ1) is 64.7. The fourth-order valence-corrected chi connectivity index (χ4v) is 9.30. The SMILES string of the molecule is CC/C=C\C/C=C\C/C=C\C/C=C\CCCCCCC(=O)O[C@H](COC(=O)CC/C=C\C/C=C\C/C=C\C/C=C\CC1OC1C/C=C\CC)COP(=O)(O)OP(=O)(O)OC[C@H]1O[C@@H](n2ccc(N)nc2=O)[C@H](O)[C@@H]1O. The van der Waals surface area contributed by atoms with E-state index in [1.165, 1.54) is 6.07 Å². The first-order chi connectivity index (χ1) is 36.1. The summed E-state index contributed by atoms with van der Waals surface area (Å²) in [7, 11) is -10.9. The quantitative estimate of drug-likeness (QED) is 0.0134. The number of ether oxygens (including phenoxy) is 4. The summed E-state index contributed by atoms with van der Waals surface area (Å²) < 4.78 is 62.4. The molecule has 75 heavy (non-hydrogen) atoms. The molecular formula is C54H81N3O16P2. The van der Waals surface area contributed by atoms with Crippen LogP contribution in [0.3, 0.4) is 0 Å². The van der Waals surface area contributed by atoms with Gasteiger partial charge in [-0.15, -0.1) is 0 Å². The lowest BCUT2D eigenvalue weighted by Gasteiger charge is -2.21. The van der Waals surface area contributed by atoms with Crippen molar-refractivity contribution in [3.8, 4) is 0 Å². The molecule has 0 radical (unpaired) electrons. The number of hydrogen-bond acceptors (Lipinski definition) is 16. The zero-order chi connectivity index (χ0) is 54.6. The molecule has 0 bridgehead atoms. The molecule has 1 aromatic heterocycles. The molecular weight excluding hydrogens is 1010 g/mol. The summed E-state index contributed by atoms with van der Waals surface area (Å²) in [5.41, 5.74) is 4.58. The molecule has 19 nitrogen and oxygen atoms in total. The second kappa shape index (κ2) is 38.0. The van der Waals surface area contributed by atoms with Crippen LogP contribution in [-0.2, 0) is 51.0 Å². The number of anilines is 1. The van der Waals surface area contributed by atoms with Crippen molar-refractivity contribution in [2.75, 3.05) is 25.6 Å². The maximum absolute atomic E-state index is 12.9. The van der Waals surface area contributed by atoms with Gasteiger partial charge in [-0.05, 0) is 96.0 Å². The second-order valence-electron chi connectivity index (χ2n) is 17.6. The maximum atomic E-state index is 12.9. The molecule has 2 saturated heterocycles. The number of hydrogen-bond donors (Lipinski definition) is 5. The molecule has 0 aliphatic carbocycles. The number of phosphoric ester groups is 2. The average molecular weight is 1090 g/mol. The van der Waals surface area contributed by atoms with E-state index >= 15 is 0 Å². The van der Waals surface area contributed by atoms with Crippen LogP contribution >= 0.6 is 15.6 Å². The maximum Gasteiger partial charge on any atom is 0.481 e. The lowest BCUT2D eigenvalue weighted by atomic mass is 10.1. The Morgan fingerprint density at radius 2 is 1.17 bits per heavy atom. The number of carbonyl (C=O) groups is 2. The van der Waals surface area contributed by atoms with Crippen molar-refractivity contribution in [2.45, 2.75) is 172 Å². The van der Waals surface area contributed by atoms with E-state index in [1.807, 2.05) is 18.2 Å². The van der Waals surface area contributed by atoms with E-state index in [9.17, 15) is 43.5 Å². The number of aliphatic hydroxyl groups excluding tert-OH is 2. The minimum atomic E-state index is -5.45. The van der Waals surface area contributed by atoms with Gasteiger partial charge in [0, 0.05) is 19.0 Å².